The summed E-state index contributed by atoms with van der Waals surface area (Å²) in [7, 11) is 0. The number of aromatic nitrogens is 3. The van der Waals surface area contributed by atoms with E-state index >= 15 is 0 Å². The summed E-state index contributed by atoms with van der Waals surface area (Å²) in [5.74, 6) is -0.206. The van der Waals surface area contributed by atoms with Crippen LogP contribution in [0.4, 0.5) is 0 Å². The van der Waals surface area contributed by atoms with Crippen LogP contribution in [0, 0.1) is 20.8 Å². The Balaban J connectivity index is 1.48. The fourth-order valence-electron chi connectivity index (χ4n) is 4.43. The molecule has 0 aliphatic heterocycles. The number of amides is 1. The first kappa shape index (κ1) is 23.5. The Bertz CT molecular complexity index is 1350. The van der Waals surface area contributed by atoms with Crippen molar-refractivity contribution in [3.63, 3.8) is 0 Å². The number of hydrogen-bond donors (Lipinski definition) is 1. The maximum Gasteiger partial charge on any atom is 0.276 e. The summed E-state index contributed by atoms with van der Waals surface area (Å²) in [5.41, 5.74) is 5.30. The van der Waals surface area contributed by atoms with Gasteiger partial charge in [-0.25, -0.2) is 4.68 Å². The molecule has 4 aromatic rings. The lowest BCUT2D eigenvalue weighted by Gasteiger charge is -2.14. The molecule has 1 amide bonds. The summed E-state index contributed by atoms with van der Waals surface area (Å²) in [5, 5.41) is 8.77. The van der Waals surface area contributed by atoms with E-state index < -0.39 is 0 Å². The fraction of sp³-hybridized carbons (Fsp3) is 0.321. The molecule has 0 radical (unpaired) electrons. The molecule has 0 aliphatic rings. The third-order valence-electron chi connectivity index (χ3n) is 6.48. The first-order valence-electron chi connectivity index (χ1n) is 11.8. The zero-order valence-electron chi connectivity index (χ0n) is 20.3. The predicted molar refractivity (Wildman–Crippen MR) is 136 cm³/mol. The largest absolute Gasteiger partial charge is 0.352 e. The van der Waals surface area contributed by atoms with E-state index in [-0.39, 0.29) is 24.1 Å². The standard InChI is InChI=1S/C28H32N4O2/c1-19-10-13-24(14-11-19)17-31-21(3)25-16-29-32(28(34)27(25)22(31)4)18-26(33)30-20(2)12-15-23-8-6-5-7-9-23/h5-11,13-14,16,20H,12,15,17-18H2,1-4H3,(H,30,33). The molecule has 1 unspecified atom stereocenters. The Morgan fingerprint density at radius 1 is 0.971 bits per heavy atom. The van der Waals surface area contributed by atoms with Gasteiger partial charge in [0.1, 0.15) is 6.54 Å². The van der Waals surface area contributed by atoms with Crippen LogP contribution in [-0.4, -0.2) is 26.3 Å². The Morgan fingerprint density at radius 3 is 2.38 bits per heavy atom. The molecule has 176 valence electrons. The minimum absolute atomic E-state index is 0.00622. The molecule has 2 aromatic heterocycles. The Hall–Kier alpha value is -3.67. The van der Waals surface area contributed by atoms with Gasteiger partial charge in [-0.15, -0.1) is 0 Å². The molecule has 1 atom stereocenters. The van der Waals surface area contributed by atoms with Gasteiger partial charge in [-0.3, -0.25) is 9.59 Å². The predicted octanol–water partition coefficient (Wildman–Crippen LogP) is 4.31. The average Bonchev–Trinajstić information content (AvgIpc) is 3.06. The minimum Gasteiger partial charge on any atom is -0.352 e. The maximum absolute atomic E-state index is 13.3. The summed E-state index contributed by atoms with van der Waals surface area (Å²) < 4.78 is 3.42. The molecule has 6 heteroatoms. The normalized spacial score (nSPS) is 12.1. The molecule has 0 aliphatic carbocycles. The third-order valence-corrected chi connectivity index (χ3v) is 6.48. The van der Waals surface area contributed by atoms with Crippen LogP contribution in [0.1, 0.15) is 41.4 Å². The van der Waals surface area contributed by atoms with Gasteiger partial charge in [-0.2, -0.15) is 5.10 Å². The molecule has 0 saturated heterocycles. The van der Waals surface area contributed by atoms with Crippen molar-refractivity contribution in [3.05, 3.63) is 99.2 Å². The van der Waals surface area contributed by atoms with E-state index in [2.05, 4.69) is 58.3 Å². The first-order chi connectivity index (χ1) is 16.3. The summed E-state index contributed by atoms with van der Waals surface area (Å²) in [6.07, 6.45) is 3.42. The number of carbonyl (C=O) groups is 1. The number of aryl methyl sites for hydroxylation is 4. The van der Waals surface area contributed by atoms with Crippen molar-refractivity contribution in [1.82, 2.24) is 19.7 Å². The second-order valence-corrected chi connectivity index (χ2v) is 9.13. The van der Waals surface area contributed by atoms with Gasteiger partial charge < -0.3 is 9.88 Å². The highest BCUT2D eigenvalue weighted by molar-refractivity contribution is 5.87. The second kappa shape index (κ2) is 10.1. The molecule has 2 heterocycles. The molecule has 34 heavy (non-hydrogen) atoms. The van der Waals surface area contributed by atoms with Crippen LogP contribution in [0.25, 0.3) is 10.8 Å². The molecule has 6 nitrogen and oxygen atoms in total. The van der Waals surface area contributed by atoms with E-state index in [1.165, 1.54) is 21.4 Å². The van der Waals surface area contributed by atoms with Crippen LogP contribution in [0.15, 0.2) is 65.6 Å². The van der Waals surface area contributed by atoms with Crippen molar-refractivity contribution in [2.45, 2.75) is 59.7 Å². The smallest absolute Gasteiger partial charge is 0.276 e. The van der Waals surface area contributed by atoms with Gasteiger partial charge >= 0.3 is 0 Å². The highest BCUT2D eigenvalue weighted by Gasteiger charge is 2.18. The van der Waals surface area contributed by atoms with Crippen LogP contribution in [0.3, 0.4) is 0 Å². The minimum atomic E-state index is -0.229. The van der Waals surface area contributed by atoms with Crippen LogP contribution in [0.5, 0.6) is 0 Å². The van der Waals surface area contributed by atoms with Crippen molar-refractivity contribution >= 4 is 16.7 Å². The lowest BCUT2D eigenvalue weighted by atomic mass is 10.1. The van der Waals surface area contributed by atoms with Gasteiger partial charge in [0.05, 0.1) is 11.6 Å². The van der Waals surface area contributed by atoms with Crippen LogP contribution < -0.4 is 10.9 Å². The summed E-state index contributed by atoms with van der Waals surface area (Å²) >= 11 is 0. The van der Waals surface area contributed by atoms with Crippen molar-refractivity contribution < 1.29 is 4.79 Å². The van der Waals surface area contributed by atoms with Crippen molar-refractivity contribution in [2.75, 3.05) is 0 Å². The summed E-state index contributed by atoms with van der Waals surface area (Å²) in [6, 6.07) is 18.6. The number of benzene rings is 2. The zero-order chi connectivity index (χ0) is 24.2. The number of nitrogens with one attached hydrogen (secondary N) is 1. The molecule has 0 bridgehead atoms. The lowest BCUT2D eigenvalue weighted by Crippen LogP contribution is -2.38. The lowest BCUT2D eigenvalue weighted by molar-refractivity contribution is -0.122. The van der Waals surface area contributed by atoms with Gasteiger partial charge in [-0.05, 0) is 51.7 Å². The Morgan fingerprint density at radius 2 is 1.68 bits per heavy atom. The van der Waals surface area contributed by atoms with E-state index in [1.54, 1.807) is 6.20 Å². The van der Waals surface area contributed by atoms with Crippen molar-refractivity contribution in [2.24, 2.45) is 0 Å². The molecule has 0 saturated carbocycles. The van der Waals surface area contributed by atoms with E-state index in [4.69, 9.17) is 0 Å². The molecule has 2 aromatic carbocycles. The van der Waals surface area contributed by atoms with Gasteiger partial charge in [0, 0.05) is 29.4 Å². The van der Waals surface area contributed by atoms with Crippen LogP contribution in [-0.2, 0) is 24.3 Å². The van der Waals surface area contributed by atoms with E-state index in [0.29, 0.717) is 11.9 Å². The highest BCUT2D eigenvalue weighted by atomic mass is 16.2. The molecular formula is C28H32N4O2. The molecular weight excluding hydrogens is 424 g/mol. The number of fused-ring (bicyclic) bond motifs is 1. The maximum atomic E-state index is 13.3. The van der Waals surface area contributed by atoms with Crippen molar-refractivity contribution in [1.29, 1.82) is 0 Å². The van der Waals surface area contributed by atoms with E-state index in [9.17, 15) is 9.59 Å². The second-order valence-electron chi connectivity index (χ2n) is 9.13. The van der Waals surface area contributed by atoms with E-state index in [1.807, 2.05) is 39.0 Å². The van der Waals surface area contributed by atoms with Gasteiger partial charge in [0.2, 0.25) is 5.91 Å². The quantitative estimate of drug-likeness (QED) is 0.430. The third kappa shape index (κ3) is 5.11. The monoisotopic (exact) mass is 456 g/mol. The number of nitrogens with zero attached hydrogens (tertiary/aromatic N) is 3. The number of rotatable bonds is 8. The van der Waals surface area contributed by atoms with Gasteiger partial charge in [-0.1, -0.05) is 60.2 Å². The van der Waals surface area contributed by atoms with Gasteiger partial charge in [0.15, 0.2) is 0 Å². The van der Waals surface area contributed by atoms with Gasteiger partial charge in [0.25, 0.3) is 5.56 Å². The Labute approximate surface area is 200 Å². The molecule has 1 N–H and O–H groups in total. The Kier molecular flexibility index (Phi) is 6.96. The topological polar surface area (TPSA) is 68.9 Å². The first-order valence-corrected chi connectivity index (χ1v) is 11.8. The summed E-state index contributed by atoms with van der Waals surface area (Å²) in [6.45, 7) is 8.62. The molecule has 4 rings (SSSR count). The number of carbonyl (C=O) groups excluding carboxylic acids is 1. The van der Waals surface area contributed by atoms with E-state index in [0.717, 1.165) is 29.6 Å². The summed E-state index contributed by atoms with van der Waals surface area (Å²) in [4.78, 5) is 25.9. The highest BCUT2D eigenvalue weighted by Crippen LogP contribution is 2.23. The SMILES string of the molecule is Cc1ccc(Cn2c(C)c3cnn(CC(=O)NC(C)CCc4ccccc4)c(=O)c3c2C)cc1. The fourth-order valence-corrected chi connectivity index (χ4v) is 4.43. The number of hydrogen-bond acceptors (Lipinski definition) is 3. The molecule has 0 spiro atoms. The molecule has 0 fully saturated rings. The van der Waals surface area contributed by atoms with Crippen molar-refractivity contribution in [3.8, 4) is 0 Å². The average molecular weight is 457 g/mol. The zero-order valence-corrected chi connectivity index (χ0v) is 20.3. The van der Waals surface area contributed by atoms with Crippen LogP contribution in [0.2, 0.25) is 0 Å². The van der Waals surface area contributed by atoms with Crippen LogP contribution >= 0.6 is 0 Å².